The van der Waals surface area contributed by atoms with E-state index in [9.17, 15) is 14.5 Å². The molecule has 1 aromatic rings. The van der Waals surface area contributed by atoms with Gasteiger partial charge in [0.25, 0.3) is 0 Å². The fourth-order valence-electron chi connectivity index (χ4n) is 0.694. The fourth-order valence-corrected chi connectivity index (χ4v) is 0.694. The molecule has 64 valence electrons. The van der Waals surface area contributed by atoms with Gasteiger partial charge in [0.05, 0.1) is 6.20 Å². The molecule has 1 N–H and O–H groups in total. The Bertz CT molecular complexity index is 316. The standard InChI is InChI=1S/C6H6FN3O2/c1-4-2-6(9-10(11)12)8-3-5(4)7/h2-3H,1H3,(H,8,9). The van der Waals surface area contributed by atoms with Gasteiger partial charge in [0.2, 0.25) is 0 Å². The van der Waals surface area contributed by atoms with E-state index in [0.717, 1.165) is 6.20 Å². The second kappa shape index (κ2) is 3.12. The van der Waals surface area contributed by atoms with Gasteiger partial charge in [-0.15, -0.1) is 0 Å². The Morgan fingerprint density at radius 1 is 1.75 bits per heavy atom. The predicted octanol–water partition coefficient (Wildman–Crippen LogP) is 1.13. The van der Waals surface area contributed by atoms with Crippen LogP contribution in [0.1, 0.15) is 5.56 Å². The van der Waals surface area contributed by atoms with Crippen LogP contribution in [0.15, 0.2) is 12.3 Å². The number of rotatable bonds is 2. The summed E-state index contributed by atoms with van der Waals surface area (Å²) in [5.41, 5.74) is 2.13. The number of pyridine rings is 1. The molecule has 0 aliphatic carbocycles. The lowest BCUT2D eigenvalue weighted by Gasteiger charge is -1.97. The summed E-state index contributed by atoms with van der Waals surface area (Å²) in [5, 5.41) is 9.18. The summed E-state index contributed by atoms with van der Waals surface area (Å²) in [5.74, 6) is -0.456. The summed E-state index contributed by atoms with van der Waals surface area (Å²) in [6.07, 6.45) is 0.932. The molecule has 0 atom stereocenters. The summed E-state index contributed by atoms with van der Waals surface area (Å²) in [4.78, 5) is 13.4. The zero-order valence-electron chi connectivity index (χ0n) is 6.24. The van der Waals surface area contributed by atoms with Crippen LogP contribution in [-0.2, 0) is 0 Å². The van der Waals surface area contributed by atoms with Crippen LogP contribution in [0, 0.1) is 22.9 Å². The molecule has 0 spiro atoms. The van der Waals surface area contributed by atoms with Crippen molar-refractivity contribution in [3.05, 3.63) is 33.8 Å². The first-order chi connectivity index (χ1) is 5.59. The molecule has 0 aliphatic heterocycles. The molecule has 0 bridgehead atoms. The minimum atomic E-state index is -0.750. The van der Waals surface area contributed by atoms with Crippen LogP contribution in [0.2, 0.25) is 0 Å². The van der Waals surface area contributed by atoms with Crippen LogP contribution in [0.5, 0.6) is 0 Å². The molecule has 0 amide bonds. The average molecular weight is 171 g/mol. The third kappa shape index (κ3) is 1.88. The molecule has 12 heavy (non-hydrogen) atoms. The monoisotopic (exact) mass is 171 g/mol. The zero-order valence-corrected chi connectivity index (χ0v) is 6.24. The maximum atomic E-state index is 12.6. The topological polar surface area (TPSA) is 68.1 Å². The van der Waals surface area contributed by atoms with Crippen molar-refractivity contribution < 1.29 is 9.42 Å². The molecular weight excluding hydrogens is 165 g/mol. The van der Waals surface area contributed by atoms with E-state index in [1.807, 2.05) is 5.43 Å². The normalized spacial score (nSPS) is 9.50. The number of hydrogen-bond acceptors (Lipinski definition) is 3. The van der Waals surface area contributed by atoms with E-state index >= 15 is 0 Å². The van der Waals surface area contributed by atoms with Gasteiger partial charge < -0.3 is 0 Å². The number of hydrogen-bond donors (Lipinski definition) is 1. The number of aromatic nitrogens is 1. The van der Waals surface area contributed by atoms with E-state index in [-0.39, 0.29) is 5.82 Å². The summed E-state index contributed by atoms with van der Waals surface area (Å²) >= 11 is 0. The van der Waals surface area contributed by atoms with Crippen LogP contribution in [0.25, 0.3) is 0 Å². The lowest BCUT2D eigenvalue weighted by atomic mass is 10.3. The Morgan fingerprint density at radius 3 is 2.92 bits per heavy atom. The number of nitro groups is 1. The number of halogens is 1. The van der Waals surface area contributed by atoms with Gasteiger partial charge in [-0.2, -0.15) is 0 Å². The third-order valence-corrected chi connectivity index (χ3v) is 1.25. The third-order valence-electron chi connectivity index (χ3n) is 1.25. The van der Waals surface area contributed by atoms with Crippen molar-refractivity contribution >= 4 is 5.82 Å². The van der Waals surface area contributed by atoms with E-state index in [1.165, 1.54) is 13.0 Å². The Kier molecular flexibility index (Phi) is 2.18. The van der Waals surface area contributed by atoms with Crippen molar-refractivity contribution in [2.24, 2.45) is 0 Å². The summed E-state index contributed by atoms with van der Waals surface area (Å²) in [6.45, 7) is 1.50. The molecule has 0 radical (unpaired) electrons. The minimum absolute atomic E-state index is 0.0268. The Morgan fingerprint density at radius 2 is 2.42 bits per heavy atom. The second-order valence-electron chi connectivity index (χ2n) is 2.19. The zero-order chi connectivity index (χ0) is 9.14. The molecule has 5 nitrogen and oxygen atoms in total. The van der Waals surface area contributed by atoms with E-state index in [2.05, 4.69) is 4.98 Å². The Balaban J connectivity index is 2.89. The number of nitrogens with one attached hydrogen (secondary N) is 1. The van der Waals surface area contributed by atoms with Gasteiger partial charge in [-0.05, 0) is 18.6 Å². The van der Waals surface area contributed by atoms with Gasteiger partial charge in [-0.25, -0.2) is 19.5 Å². The Hall–Kier alpha value is -1.72. The van der Waals surface area contributed by atoms with E-state index in [4.69, 9.17) is 0 Å². The molecule has 6 heteroatoms. The maximum absolute atomic E-state index is 12.6. The first-order valence-electron chi connectivity index (χ1n) is 3.13. The Labute approximate surface area is 67.4 Å². The average Bonchev–Trinajstić information content (AvgIpc) is 1.96. The molecule has 0 saturated heterocycles. The van der Waals surface area contributed by atoms with Crippen molar-refractivity contribution in [2.45, 2.75) is 6.92 Å². The molecule has 1 heterocycles. The van der Waals surface area contributed by atoms with Gasteiger partial charge in [-0.1, -0.05) is 5.43 Å². The lowest BCUT2D eigenvalue weighted by molar-refractivity contribution is -0.445. The van der Waals surface area contributed by atoms with Crippen LogP contribution < -0.4 is 5.43 Å². The van der Waals surface area contributed by atoms with E-state index in [1.54, 1.807) is 0 Å². The molecule has 0 aromatic carbocycles. The quantitative estimate of drug-likeness (QED) is 0.535. The SMILES string of the molecule is Cc1cc(N[N+](=O)[O-])ncc1F. The smallest absolute Gasteiger partial charge is 0.191 e. The van der Waals surface area contributed by atoms with E-state index < -0.39 is 10.8 Å². The fraction of sp³-hybridized carbons (Fsp3) is 0.167. The van der Waals surface area contributed by atoms with Gasteiger partial charge >= 0.3 is 0 Å². The highest BCUT2D eigenvalue weighted by Gasteiger charge is 2.03. The molecule has 0 saturated carbocycles. The van der Waals surface area contributed by atoms with Crippen LogP contribution in [0.4, 0.5) is 10.2 Å². The van der Waals surface area contributed by atoms with Gasteiger partial charge in [0.15, 0.2) is 10.9 Å². The highest BCUT2D eigenvalue weighted by molar-refractivity contribution is 5.34. The van der Waals surface area contributed by atoms with E-state index in [0.29, 0.717) is 5.56 Å². The first-order valence-corrected chi connectivity index (χ1v) is 3.13. The summed E-state index contributed by atoms with van der Waals surface area (Å²) in [7, 11) is 0. The molecule has 0 aliphatic rings. The van der Waals surface area contributed by atoms with Crippen molar-refractivity contribution in [2.75, 3.05) is 5.43 Å². The summed E-state index contributed by atoms with van der Waals surface area (Å²) < 4.78 is 12.6. The first kappa shape index (κ1) is 8.38. The molecule has 1 rings (SSSR count). The maximum Gasteiger partial charge on any atom is 0.191 e. The molecule has 1 aromatic heterocycles. The van der Waals surface area contributed by atoms with Gasteiger partial charge in [0, 0.05) is 0 Å². The van der Waals surface area contributed by atoms with Gasteiger partial charge in [0.1, 0.15) is 5.82 Å². The predicted molar refractivity (Wildman–Crippen MR) is 39.5 cm³/mol. The highest BCUT2D eigenvalue weighted by Crippen LogP contribution is 2.09. The van der Waals surface area contributed by atoms with Crippen LogP contribution >= 0.6 is 0 Å². The van der Waals surface area contributed by atoms with Crippen LogP contribution in [0.3, 0.4) is 0 Å². The molecule has 0 unspecified atom stereocenters. The van der Waals surface area contributed by atoms with Gasteiger partial charge in [-0.3, -0.25) is 0 Å². The minimum Gasteiger partial charge on any atom is -0.234 e. The number of aryl methyl sites for hydroxylation is 1. The second-order valence-corrected chi connectivity index (χ2v) is 2.19. The highest BCUT2D eigenvalue weighted by atomic mass is 19.1. The lowest BCUT2D eigenvalue weighted by Crippen LogP contribution is -2.09. The largest absolute Gasteiger partial charge is 0.234 e. The van der Waals surface area contributed by atoms with Crippen LogP contribution in [-0.4, -0.2) is 10.0 Å². The number of nitrogens with zero attached hydrogens (tertiary/aromatic N) is 2. The summed E-state index contributed by atoms with van der Waals surface area (Å²) in [6, 6.07) is 1.26. The van der Waals surface area contributed by atoms with Crippen molar-refractivity contribution in [3.8, 4) is 0 Å². The molecular formula is C6H6FN3O2. The van der Waals surface area contributed by atoms with Crippen molar-refractivity contribution in [3.63, 3.8) is 0 Å². The number of hydrazine groups is 1. The molecule has 0 fully saturated rings. The number of anilines is 1. The van der Waals surface area contributed by atoms with Crippen molar-refractivity contribution in [1.82, 2.24) is 4.98 Å². The van der Waals surface area contributed by atoms with Crippen molar-refractivity contribution in [1.29, 1.82) is 0 Å².